The molecule has 0 aliphatic carbocycles. The number of benzene rings is 1. The second-order valence-electron chi connectivity index (χ2n) is 6.26. The van der Waals surface area contributed by atoms with E-state index in [9.17, 15) is 0 Å². The zero-order chi connectivity index (χ0) is 17.4. The van der Waals surface area contributed by atoms with Gasteiger partial charge in [-0.25, -0.2) is 19.9 Å². The van der Waals surface area contributed by atoms with Gasteiger partial charge in [-0.1, -0.05) is 19.4 Å². The Hall–Kier alpha value is -3.02. The highest BCUT2D eigenvalue weighted by molar-refractivity contribution is 6.07. The maximum absolute atomic E-state index is 6.17. The average molecular weight is 332 g/mol. The first-order valence-corrected chi connectivity index (χ1v) is 8.52. The fraction of sp³-hybridized carbons (Fsp3) is 0.263. The largest absolute Gasteiger partial charge is 0.382 e. The lowest BCUT2D eigenvalue weighted by molar-refractivity contribution is 0.765. The molecule has 0 aliphatic rings. The summed E-state index contributed by atoms with van der Waals surface area (Å²) in [6, 6.07) is 6.11. The minimum atomic E-state index is 0.482. The van der Waals surface area contributed by atoms with E-state index in [4.69, 9.17) is 10.7 Å². The fourth-order valence-electron chi connectivity index (χ4n) is 3.00. The van der Waals surface area contributed by atoms with Crippen LogP contribution in [0.25, 0.3) is 33.1 Å². The van der Waals surface area contributed by atoms with Crippen LogP contribution < -0.4 is 5.73 Å². The maximum Gasteiger partial charge on any atom is 0.150 e. The summed E-state index contributed by atoms with van der Waals surface area (Å²) in [5.74, 6) is 2.20. The van der Waals surface area contributed by atoms with E-state index in [1.165, 1.54) is 0 Å². The van der Waals surface area contributed by atoms with Crippen LogP contribution in [-0.2, 0) is 6.42 Å². The van der Waals surface area contributed by atoms with Gasteiger partial charge in [0.05, 0.1) is 5.52 Å². The summed E-state index contributed by atoms with van der Waals surface area (Å²) in [5.41, 5.74) is 10.7. The van der Waals surface area contributed by atoms with Crippen molar-refractivity contribution in [2.75, 3.05) is 5.73 Å². The van der Waals surface area contributed by atoms with Crippen LogP contribution in [0.5, 0.6) is 0 Å². The molecule has 0 bridgehead atoms. The number of aromatic amines is 1. The van der Waals surface area contributed by atoms with Gasteiger partial charge in [-0.3, -0.25) is 0 Å². The van der Waals surface area contributed by atoms with Gasteiger partial charge in [-0.2, -0.15) is 0 Å². The van der Waals surface area contributed by atoms with Gasteiger partial charge in [-0.05, 0) is 31.0 Å². The van der Waals surface area contributed by atoms with Gasteiger partial charge in [0.2, 0.25) is 0 Å². The zero-order valence-electron chi connectivity index (χ0n) is 14.4. The first kappa shape index (κ1) is 15.5. The molecule has 3 heterocycles. The molecule has 0 atom stereocenters. The van der Waals surface area contributed by atoms with Crippen LogP contribution in [0.2, 0.25) is 0 Å². The number of imidazole rings is 1. The molecular weight excluding hydrogens is 312 g/mol. The molecule has 0 fully saturated rings. The lowest BCUT2D eigenvalue weighted by Crippen LogP contribution is -1.94. The quantitative estimate of drug-likeness (QED) is 0.593. The van der Waals surface area contributed by atoms with E-state index in [0.717, 1.165) is 64.0 Å². The molecule has 3 aromatic heterocycles. The molecular formula is C19H20N6. The lowest BCUT2D eigenvalue weighted by Gasteiger charge is -2.05. The first-order valence-electron chi connectivity index (χ1n) is 8.52. The number of unbranched alkanes of at least 4 members (excludes halogenated alkanes) is 1. The van der Waals surface area contributed by atoms with Crippen molar-refractivity contribution in [3.63, 3.8) is 0 Å². The highest BCUT2D eigenvalue weighted by Gasteiger charge is 2.12. The van der Waals surface area contributed by atoms with Crippen LogP contribution in [0, 0.1) is 6.92 Å². The van der Waals surface area contributed by atoms with E-state index in [0.29, 0.717) is 5.82 Å². The Labute approximate surface area is 145 Å². The van der Waals surface area contributed by atoms with Gasteiger partial charge in [-0.15, -0.1) is 0 Å². The summed E-state index contributed by atoms with van der Waals surface area (Å²) < 4.78 is 0. The molecule has 6 nitrogen and oxygen atoms in total. The third-order valence-corrected chi connectivity index (χ3v) is 4.38. The molecule has 0 aliphatic heterocycles. The molecule has 126 valence electrons. The number of pyridine rings is 1. The summed E-state index contributed by atoms with van der Waals surface area (Å²) in [7, 11) is 0. The Kier molecular flexibility index (Phi) is 3.80. The molecule has 0 spiro atoms. The molecule has 25 heavy (non-hydrogen) atoms. The van der Waals surface area contributed by atoms with E-state index in [2.05, 4.69) is 26.9 Å². The predicted octanol–water partition coefficient (Wildman–Crippen LogP) is 3.80. The Morgan fingerprint density at radius 2 is 1.88 bits per heavy atom. The number of aromatic nitrogens is 5. The second kappa shape index (κ2) is 6.12. The summed E-state index contributed by atoms with van der Waals surface area (Å²) in [5, 5.41) is 1.000. The van der Waals surface area contributed by atoms with E-state index < -0.39 is 0 Å². The number of nitrogens with two attached hydrogens (primary N) is 1. The van der Waals surface area contributed by atoms with Crippen molar-refractivity contribution in [1.82, 2.24) is 24.9 Å². The summed E-state index contributed by atoms with van der Waals surface area (Å²) in [6.07, 6.45) is 6.80. The van der Waals surface area contributed by atoms with Crippen molar-refractivity contribution in [2.24, 2.45) is 0 Å². The van der Waals surface area contributed by atoms with Crippen molar-refractivity contribution in [2.45, 2.75) is 33.1 Å². The molecule has 4 rings (SSSR count). The summed E-state index contributed by atoms with van der Waals surface area (Å²) in [6.45, 7) is 4.04. The monoisotopic (exact) mass is 332 g/mol. The predicted molar refractivity (Wildman–Crippen MR) is 100 cm³/mol. The molecule has 0 unspecified atom stereocenters. The molecule has 0 radical (unpaired) electrons. The van der Waals surface area contributed by atoms with E-state index in [1.54, 1.807) is 0 Å². The maximum atomic E-state index is 6.17. The summed E-state index contributed by atoms with van der Waals surface area (Å²) >= 11 is 0. The Morgan fingerprint density at radius 1 is 1.08 bits per heavy atom. The topological polar surface area (TPSA) is 93.4 Å². The number of hydrogen-bond acceptors (Lipinski definition) is 5. The van der Waals surface area contributed by atoms with Gasteiger partial charge < -0.3 is 10.7 Å². The molecule has 0 amide bonds. The number of aryl methyl sites for hydroxylation is 2. The molecule has 0 saturated carbocycles. The van der Waals surface area contributed by atoms with Crippen LogP contribution in [0.15, 0.2) is 30.6 Å². The number of fused-ring (bicyclic) bond motifs is 3. The second-order valence-corrected chi connectivity index (χ2v) is 6.26. The first-order chi connectivity index (χ1) is 12.2. The highest BCUT2D eigenvalue weighted by Crippen LogP contribution is 2.29. The number of hydrogen-bond donors (Lipinski definition) is 2. The van der Waals surface area contributed by atoms with E-state index in [1.807, 2.05) is 37.5 Å². The summed E-state index contributed by atoms with van der Waals surface area (Å²) in [4.78, 5) is 21.2. The highest BCUT2D eigenvalue weighted by atomic mass is 15.0. The standard InChI is InChI=1S/C19H20N6/c1-3-4-5-16-24-17-14-7-6-12(13-9-21-11(2)22-10-13)8-15(14)23-19(20)18(17)25-16/h6-10H,3-5H2,1-2H3,(H2,20,23)(H,24,25). The van der Waals surface area contributed by atoms with E-state index >= 15 is 0 Å². The van der Waals surface area contributed by atoms with Gasteiger partial charge in [0, 0.05) is 29.8 Å². The Morgan fingerprint density at radius 3 is 2.64 bits per heavy atom. The minimum absolute atomic E-state index is 0.482. The smallest absolute Gasteiger partial charge is 0.150 e. The van der Waals surface area contributed by atoms with Gasteiger partial charge in [0.25, 0.3) is 0 Å². The van der Waals surface area contributed by atoms with Crippen molar-refractivity contribution in [1.29, 1.82) is 0 Å². The Balaban J connectivity index is 1.85. The van der Waals surface area contributed by atoms with E-state index in [-0.39, 0.29) is 0 Å². The third kappa shape index (κ3) is 2.80. The minimum Gasteiger partial charge on any atom is -0.382 e. The van der Waals surface area contributed by atoms with Crippen LogP contribution in [0.1, 0.15) is 31.4 Å². The number of nitrogen functional groups attached to an aromatic ring is 1. The normalized spacial score (nSPS) is 11.4. The number of nitrogens with one attached hydrogen (secondary N) is 1. The van der Waals surface area contributed by atoms with Crippen molar-refractivity contribution < 1.29 is 0 Å². The molecule has 1 aromatic carbocycles. The zero-order valence-corrected chi connectivity index (χ0v) is 14.4. The third-order valence-electron chi connectivity index (χ3n) is 4.38. The number of H-pyrrole nitrogens is 1. The number of nitrogens with zero attached hydrogens (tertiary/aromatic N) is 4. The van der Waals surface area contributed by atoms with Gasteiger partial charge in [0.1, 0.15) is 28.5 Å². The van der Waals surface area contributed by atoms with Crippen molar-refractivity contribution >= 4 is 27.8 Å². The lowest BCUT2D eigenvalue weighted by atomic mass is 10.1. The van der Waals surface area contributed by atoms with Crippen LogP contribution in [-0.4, -0.2) is 24.9 Å². The fourth-order valence-corrected chi connectivity index (χ4v) is 3.00. The van der Waals surface area contributed by atoms with Crippen molar-refractivity contribution in [3.8, 4) is 11.1 Å². The number of rotatable bonds is 4. The average Bonchev–Trinajstić information content (AvgIpc) is 3.05. The SMILES string of the molecule is CCCCc1nc2c([nH]1)c(N)nc1cc(-c3cnc(C)nc3)ccc12. The number of anilines is 1. The van der Waals surface area contributed by atoms with Gasteiger partial charge >= 0.3 is 0 Å². The van der Waals surface area contributed by atoms with Crippen LogP contribution >= 0.6 is 0 Å². The molecule has 4 aromatic rings. The molecule has 3 N–H and O–H groups in total. The van der Waals surface area contributed by atoms with Crippen LogP contribution in [0.4, 0.5) is 5.82 Å². The van der Waals surface area contributed by atoms with Crippen molar-refractivity contribution in [3.05, 3.63) is 42.2 Å². The Bertz CT molecular complexity index is 1050. The van der Waals surface area contributed by atoms with Crippen LogP contribution in [0.3, 0.4) is 0 Å². The molecule has 0 saturated heterocycles. The van der Waals surface area contributed by atoms with Gasteiger partial charge in [0.15, 0.2) is 0 Å². The molecule has 6 heteroatoms.